The van der Waals surface area contributed by atoms with Crippen molar-refractivity contribution >= 4 is 5.82 Å². The van der Waals surface area contributed by atoms with Gasteiger partial charge in [0, 0.05) is 13.1 Å². The lowest BCUT2D eigenvalue weighted by molar-refractivity contribution is 0.110. The van der Waals surface area contributed by atoms with Crippen molar-refractivity contribution in [1.82, 2.24) is 9.97 Å². The summed E-state index contributed by atoms with van der Waals surface area (Å²) in [7, 11) is 0. The Labute approximate surface area is 103 Å². The molecule has 1 fully saturated rings. The molecule has 4 nitrogen and oxygen atoms in total. The molecule has 4 heteroatoms. The van der Waals surface area contributed by atoms with Gasteiger partial charge in [-0.15, -0.1) is 0 Å². The predicted octanol–water partition coefficient (Wildman–Crippen LogP) is 1.64. The maximum atomic E-state index is 9.56. The topological polar surface area (TPSA) is 49.2 Å². The minimum absolute atomic E-state index is 0.189. The number of anilines is 1. The fourth-order valence-corrected chi connectivity index (χ4v) is 2.30. The van der Waals surface area contributed by atoms with Crippen LogP contribution in [-0.2, 0) is 6.42 Å². The first kappa shape index (κ1) is 12.3. The van der Waals surface area contributed by atoms with Crippen molar-refractivity contribution in [3.05, 3.63) is 18.1 Å². The molecule has 1 unspecified atom stereocenters. The standard InChI is InChI=1S/C13H21N3O/c1-3-12-8-15-13(9-14-12)16-6-4-11(5-7-16)10(2)17/h8-11,17H,3-7H2,1-2H3. The van der Waals surface area contributed by atoms with Gasteiger partial charge < -0.3 is 10.0 Å². The average molecular weight is 235 g/mol. The third-order valence-electron chi connectivity index (χ3n) is 3.60. The van der Waals surface area contributed by atoms with Crippen molar-refractivity contribution in [3.8, 4) is 0 Å². The Balaban J connectivity index is 1.95. The molecule has 1 atom stereocenters. The molecule has 1 aliphatic rings. The molecule has 0 aromatic carbocycles. The highest BCUT2D eigenvalue weighted by molar-refractivity contribution is 5.36. The van der Waals surface area contributed by atoms with Gasteiger partial charge in [0.1, 0.15) is 5.82 Å². The van der Waals surface area contributed by atoms with E-state index >= 15 is 0 Å². The van der Waals surface area contributed by atoms with Crippen LogP contribution in [-0.4, -0.2) is 34.3 Å². The number of aliphatic hydroxyl groups is 1. The zero-order valence-corrected chi connectivity index (χ0v) is 10.6. The van der Waals surface area contributed by atoms with Gasteiger partial charge in [-0.1, -0.05) is 6.92 Å². The number of rotatable bonds is 3. The third kappa shape index (κ3) is 2.94. The van der Waals surface area contributed by atoms with Crippen LogP contribution in [0.25, 0.3) is 0 Å². The van der Waals surface area contributed by atoms with Crippen molar-refractivity contribution in [1.29, 1.82) is 0 Å². The zero-order valence-electron chi connectivity index (χ0n) is 10.6. The molecule has 1 aliphatic heterocycles. The molecule has 0 saturated carbocycles. The Hall–Kier alpha value is -1.16. The van der Waals surface area contributed by atoms with Crippen LogP contribution in [0, 0.1) is 5.92 Å². The smallest absolute Gasteiger partial charge is 0.147 e. The molecule has 0 amide bonds. The molecule has 1 N–H and O–H groups in total. The second-order valence-corrected chi connectivity index (χ2v) is 4.78. The van der Waals surface area contributed by atoms with Gasteiger partial charge in [-0.05, 0) is 32.1 Å². The van der Waals surface area contributed by atoms with E-state index in [1.807, 2.05) is 19.3 Å². The first-order valence-electron chi connectivity index (χ1n) is 6.44. The fourth-order valence-electron chi connectivity index (χ4n) is 2.30. The monoisotopic (exact) mass is 235 g/mol. The highest BCUT2D eigenvalue weighted by Crippen LogP contribution is 2.23. The minimum atomic E-state index is -0.189. The van der Waals surface area contributed by atoms with Gasteiger partial charge in [-0.3, -0.25) is 4.98 Å². The highest BCUT2D eigenvalue weighted by Gasteiger charge is 2.23. The van der Waals surface area contributed by atoms with Crippen molar-refractivity contribution in [2.24, 2.45) is 5.92 Å². The molecule has 17 heavy (non-hydrogen) atoms. The van der Waals surface area contributed by atoms with Crippen LogP contribution in [0.1, 0.15) is 32.4 Å². The number of hydrogen-bond acceptors (Lipinski definition) is 4. The van der Waals surface area contributed by atoms with Gasteiger partial charge >= 0.3 is 0 Å². The maximum Gasteiger partial charge on any atom is 0.147 e. The van der Waals surface area contributed by atoms with Gasteiger partial charge in [0.15, 0.2) is 0 Å². The predicted molar refractivity (Wildman–Crippen MR) is 68.0 cm³/mol. The molecule has 1 aromatic heterocycles. The third-order valence-corrected chi connectivity index (χ3v) is 3.60. The van der Waals surface area contributed by atoms with Crippen molar-refractivity contribution in [2.75, 3.05) is 18.0 Å². The number of hydrogen-bond donors (Lipinski definition) is 1. The first-order valence-corrected chi connectivity index (χ1v) is 6.44. The Bertz CT molecular complexity index is 342. The van der Waals surface area contributed by atoms with Gasteiger partial charge in [0.05, 0.1) is 24.2 Å². The summed E-state index contributed by atoms with van der Waals surface area (Å²) < 4.78 is 0. The second kappa shape index (κ2) is 5.45. The molecular formula is C13H21N3O. The summed E-state index contributed by atoms with van der Waals surface area (Å²) in [5.74, 6) is 1.40. The molecule has 1 aromatic rings. The zero-order chi connectivity index (χ0) is 12.3. The van der Waals surface area contributed by atoms with Crippen molar-refractivity contribution in [3.63, 3.8) is 0 Å². The van der Waals surface area contributed by atoms with Crippen LogP contribution >= 0.6 is 0 Å². The molecule has 2 rings (SSSR count). The molecule has 0 aliphatic carbocycles. The molecule has 0 radical (unpaired) electrons. The van der Waals surface area contributed by atoms with E-state index in [2.05, 4.69) is 21.8 Å². The van der Waals surface area contributed by atoms with Gasteiger partial charge in [-0.25, -0.2) is 4.98 Å². The summed E-state index contributed by atoms with van der Waals surface area (Å²) in [5, 5.41) is 9.56. The minimum Gasteiger partial charge on any atom is -0.393 e. The summed E-state index contributed by atoms with van der Waals surface area (Å²) in [6.45, 7) is 5.90. The number of aromatic nitrogens is 2. The van der Waals surface area contributed by atoms with E-state index in [1.165, 1.54) is 0 Å². The molecule has 0 bridgehead atoms. The van der Waals surface area contributed by atoms with E-state index in [-0.39, 0.29) is 6.10 Å². The van der Waals surface area contributed by atoms with Gasteiger partial charge in [0.2, 0.25) is 0 Å². The number of nitrogens with zero attached hydrogens (tertiary/aromatic N) is 3. The lowest BCUT2D eigenvalue weighted by Crippen LogP contribution is -2.37. The molecular weight excluding hydrogens is 214 g/mol. The number of piperidine rings is 1. The Kier molecular flexibility index (Phi) is 3.94. The summed E-state index contributed by atoms with van der Waals surface area (Å²) in [6, 6.07) is 0. The van der Waals surface area contributed by atoms with E-state index < -0.39 is 0 Å². The lowest BCUT2D eigenvalue weighted by atomic mass is 9.92. The molecule has 1 saturated heterocycles. The summed E-state index contributed by atoms with van der Waals surface area (Å²) in [6.07, 6.45) is 6.53. The second-order valence-electron chi connectivity index (χ2n) is 4.78. The van der Waals surface area contributed by atoms with Crippen LogP contribution in [0.3, 0.4) is 0 Å². The van der Waals surface area contributed by atoms with Crippen LogP contribution in [0.4, 0.5) is 5.82 Å². The molecule has 0 spiro atoms. The Morgan fingerprint density at radius 3 is 2.53 bits per heavy atom. The SMILES string of the molecule is CCc1cnc(N2CCC(C(C)O)CC2)cn1. The molecule has 94 valence electrons. The van der Waals surface area contributed by atoms with Crippen LogP contribution < -0.4 is 4.90 Å². The van der Waals surface area contributed by atoms with E-state index in [1.54, 1.807) is 0 Å². The van der Waals surface area contributed by atoms with E-state index in [9.17, 15) is 5.11 Å². The fraction of sp³-hybridized carbons (Fsp3) is 0.692. The normalized spacial score (nSPS) is 19.4. The van der Waals surface area contributed by atoms with Crippen molar-refractivity contribution < 1.29 is 5.11 Å². The highest BCUT2D eigenvalue weighted by atomic mass is 16.3. The average Bonchev–Trinajstić information content (AvgIpc) is 2.39. The quantitative estimate of drug-likeness (QED) is 0.865. The summed E-state index contributed by atoms with van der Waals surface area (Å²) in [5.41, 5.74) is 1.03. The largest absolute Gasteiger partial charge is 0.393 e. The van der Waals surface area contributed by atoms with E-state index in [0.29, 0.717) is 5.92 Å². The summed E-state index contributed by atoms with van der Waals surface area (Å²) >= 11 is 0. The van der Waals surface area contributed by atoms with Crippen LogP contribution in [0.15, 0.2) is 12.4 Å². The molecule has 2 heterocycles. The van der Waals surface area contributed by atoms with Crippen LogP contribution in [0.2, 0.25) is 0 Å². The van der Waals surface area contributed by atoms with E-state index in [0.717, 1.165) is 43.9 Å². The Morgan fingerprint density at radius 1 is 1.35 bits per heavy atom. The van der Waals surface area contributed by atoms with Crippen LogP contribution in [0.5, 0.6) is 0 Å². The Morgan fingerprint density at radius 2 is 2.06 bits per heavy atom. The summed E-state index contributed by atoms with van der Waals surface area (Å²) in [4.78, 5) is 11.1. The van der Waals surface area contributed by atoms with E-state index in [4.69, 9.17) is 0 Å². The number of aliphatic hydroxyl groups excluding tert-OH is 1. The van der Waals surface area contributed by atoms with Gasteiger partial charge in [-0.2, -0.15) is 0 Å². The first-order chi connectivity index (χ1) is 8.20. The lowest BCUT2D eigenvalue weighted by Gasteiger charge is -2.33. The van der Waals surface area contributed by atoms with Gasteiger partial charge in [0.25, 0.3) is 0 Å². The number of aryl methyl sites for hydroxylation is 1. The van der Waals surface area contributed by atoms with Crippen molar-refractivity contribution in [2.45, 2.75) is 39.2 Å². The maximum absolute atomic E-state index is 9.56.